The van der Waals surface area contributed by atoms with Crippen LogP contribution in [0.1, 0.15) is 0 Å². The zero-order valence-corrected chi connectivity index (χ0v) is 12.8. The first-order valence-corrected chi connectivity index (χ1v) is 7.22. The van der Waals surface area contributed by atoms with E-state index in [1.165, 1.54) is 0 Å². The molecule has 0 bridgehead atoms. The van der Waals surface area contributed by atoms with E-state index in [9.17, 15) is 4.79 Å². The highest BCUT2D eigenvalue weighted by atomic mass is 35.5. The highest BCUT2D eigenvalue weighted by Gasteiger charge is 2.08. The van der Waals surface area contributed by atoms with Crippen molar-refractivity contribution < 1.29 is 9.53 Å². The van der Waals surface area contributed by atoms with Gasteiger partial charge in [-0.25, -0.2) is 0 Å². The maximum Gasteiger partial charge on any atom is 0.244 e. The third-order valence-electron chi connectivity index (χ3n) is 3.43. The van der Waals surface area contributed by atoms with Crippen LogP contribution in [0.5, 0.6) is 5.75 Å². The number of nitrogens with one attached hydrogen (secondary N) is 1. The fraction of sp³-hybridized carbons (Fsp3) is 0.118. The number of hydrogen-bond donors (Lipinski definition) is 1. The predicted octanol–water partition coefficient (Wildman–Crippen LogP) is 3.94. The molecule has 0 aliphatic carbocycles. The lowest BCUT2D eigenvalue weighted by Gasteiger charge is -2.08. The number of benzene rings is 2. The molecule has 3 rings (SSSR count). The number of fused-ring (bicyclic) bond motifs is 1. The summed E-state index contributed by atoms with van der Waals surface area (Å²) in [5.74, 6) is 0.599. The number of anilines is 1. The molecule has 22 heavy (non-hydrogen) atoms. The third kappa shape index (κ3) is 2.92. The van der Waals surface area contributed by atoms with Gasteiger partial charge >= 0.3 is 0 Å². The van der Waals surface area contributed by atoms with Crippen LogP contribution in [0.15, 0.2) is 54.7 Å². The van der Waals surface area contributed by atoms with Crippen LogP contribution in [0.3, 0.4) is 0 Å². The van der Waals surface area contributed by atoms with E-state index < -0.39 is 0 Å². The van der Waals surface area contributed by atoms with Crippen molar-refractivity contribution >= 4 is 34.1 Å². The number of rotatable bonds is 4. The smallest absolute Gasteiger partial charge is 0.244 e. The van der Waals surface area contributed by atoms with E-state index >= 15 is 0 Å². The van der Waals surface area contributed by atoms with Gasteiger partial charge in [0.05, 0.1) is 7.11 Å². The lowest BCUT2D eigenvalue weighted by Crippen LogP contribution is -2.18. The van der Waals surface area contributed by atoms with Gasteiger partial charge in [-0.3, -0.25) is 4.79 Å². The zero-order chi connectivity index (χ0) is 15.5. The largest absolute Gasteiger partial charge is 0.497 e. The van der Waals surface area contributed by atoms with Crippen LogP contribution in [0.4, 0.5) is 5.69 Å². The Morgan fingerprint density at radius 2 is 2.05 bits per heavy atom. The summed E-state index contributed by atoms with van der Waals surface area (Å²) in [6.45, 7) is 0.223. The van der Waals surface area contributed by atoms with E-state index in [2.05, 4.69) is 5.32 Å². The Hall–Kier alpha value is -2.46. The van der Waals surface area contributed by atoms with Gasteiger partial charge in [0.2, 0.25) is 5.91 Å². The fourth-order valence-electron chi connectivity index (χ4n) is 2.38. The molecule has 0 aliphatic rings. The van der Waals surface area contributed by atoms with Crippen LogP contribution >= 0.6 is 11.6 Å². The number of methoxy groups -OCH3 is 1. The molecular formula is C17H15ClN2O2. The summed E-state index contributed by atoms with van der Waals surface area (Å²) in [7, 11) is 1.59. The molecule has 0 fully saturated rings. The summed E-state index contributed by atoms with van der Waals surface area (Å²) >= 11 is 6.14. The number of nitrogens with zero attached hydrogens (tertiary/aromatic N) is 1. The molecule has 5 heteroatoms. The highest BCUT2D eigenvalue weighted by molar-refractivity contribution is 6.35. The van der Waals surface area contributed by atoms with E-state index in [0.29, 0.717) is 16.5 Å². The maximum atomic E-state index is 12.2. The standard InChI is InChI=1S/C17H15ClN2O2/c1-22-13-5-2-4-12(10-13)19-17(21)11-20-9-8-14-15(18)6-3-7-16(14)20/h2-10H,11H2,1H3,(H,19,21). The molecule has 1 amide bonds. The number of carbonyl (C=O) groups excluding carboxylic acids is 1. The van der Waals surface area contributed by atoms with E-state index in [1.54, 1.807) is 13.2 Å². The monoisotopic (exact) mass is 314 g/mol. The van der Waals surface area contributed by atoms with Crippen LogP contribution in [0.2, 0.25) is 5.02 Å². The number of aromatic nitrogens is 1. The lowest BCUT2D eigenvalue weighted by atomic mass is 10.2. The first-order valence-electron chi connectivity index (χ1n) is 6.84. The Balaban J connectivity index is 1.77. The summed E-state index contributed by atoms with van der Waals surface area (Å²) in [4.78, 5) is 12.2. The van der Waals surface area contributed by atoms with Gasteiger partial charge in [0.25, 0.3) is 0 Å². The average molecular weight is 315 g/mol. The second-order valence-electron chi connectivity index (χ2n) is 4.90. The second-order valence-corrected chi connectivity index (χ2v) is 5.30. The van der Waals surface area contributed by atoms with Gasteiger partial charge in [0, 0.05) is 33.9 Å². The maximum absolute atomic E-state index is 12.2. The van der Waals surface area contributed by atoms with Gasteiger partial charge in [0.1, 0.15) is 12.3 Å². The summed E-state index contributed by atoms with van der Waals surface area (Å²) in [6, 6.07) is 14.8. The molecule has 0 atom stereocenters. The molecule has 2 aromatic carbocycles. The number of amides is 1. The summed E-state index contributed by atoms with van der Waals surface area (Å²) in [5.41, 5.74) is 1.65. The van der Waals surface area contributed by atoms with Crippen molar-refractivity contribution in [3.63, 3.8) is 0 Å². The van der Waals surface area contributed by atoms with Crippen molar-refractivity contribution in [2.45, 2.75) is 6.54 Å². The molecule has 1 heterocycles. The molecule has 1 N–H and O–H groups in total. The Morgan fingerprint density at radius 1 is 1.23 bits per heavy atom. The summed E-state index contributed by atoms with van der Waals surface area (Å²) in [6.07, 6.45) is 1.86. The SMILES string of the molecule is COc1cccc(NC(=O)Cn2ccc3c(Cl)cccc32)c1. The number of ether oxygens (including phenoxy) is 1. The first-order chi connectivity index (χ1) is 10.7. The zero-order valence-electron chi connectivity index (χ0n) is 12.0. The minimum Gasteiger partial charge on any atom is -0.497 e. The van der Waals surface area contributed by atoms with Gasteiger partial charge in [-0.15, -0.1) is 0 Å². The Bertz CT molecular complexity index is 826. The van der Waals surface area contributed by atoms with Crippen LogP contribution in [0.25, 0.3) is 10.9 Å². The number of carbonyl (C=O) groups is 1. The topological polar surface area (TPSA) is 43.3 Å². The van der Waals surface area contributed by atoms with E-state index in [0.717, 1.165) is 10.9 Å². The molecular weight excluding hydrogens is 300 g/mol. The third-order valence-corrected chi connectivity index (χ3v) is 3.76. The van der Waals surface area contributed by atoms with Gasteiger partial charge < -0.3 is 14.6 Å². The Kier molecular flexibility index (Phi) is 4.02. The highest BCUT2D eigenvalue weighted by Crippen LogP contribution is 2.24. The first kappa shape index (κ1) is 14.5. The van der Waals surface area contributed by atoms with Gasteiger partial charge in [0.15, 0.2) is 0 Å². The molecule has 0 unspecified atom stereocenters. The van der Waals surface area contributed by atoms with E-state index in [1.807, 2.05) is 53.2 Å². The molecule has 0 saturated heterocycles. The number of halogens is 1. The molecule has 0 aliphatic heterocycles. The molecule has 0 radical (unpaired) electrons. The fourth-order valence-corrected chi connectivity index (χ4v) is 2.61. The molecule has 3 aromatic rings. The van der Waals surface area contributed by atoms with Crippen molar-refractivity contribution in [2.75, 3.05) is 12.4 Å². The van der Waals surface area contributed by atoms with Crippen molar-refractivity contribution in [3.8, 4) is 5.75 Å². The van der Waals surface area contributed by atoms with Crippen LogP contribution in [-0.4, -0.2) is 17.6 Å². The molecule has 0 saturated carbocycles. The minimum atomic E-state index is -0.106. The molecule has 112 valence electrons. The minimum absolute atomic E-state index is 0.106. The van der Waals surface area contributed by atoms with Crippen LogP contribution in [0, 0.1) is 0 Å². The lowest BCUT2D eigenvalue weighted by molar-refractivity contribution is -0.116. The van der Waals surface area contributed by atoms with Crippen molar-refractivity contribution in [2.24, 2.45) is 0 Å². The Morgan fingerprint density at radius 3 is 2.86 bits per heavy atom. The molecule has 4 nitrogen and oxygen atoms in total. The van der Waals surface area contributed by atoms with Crippen LogP contribution < -0.4 is 10.1 Å². The second kappa shape index (κ2) is 6.12. The summed E-state index contributed by atoms with van der Waals surface area (Å²) in [5, 5.41) is 4.49. The van der Waals surface area contributed by atoms with Crippen molar-refractivity contribution in [1.82, 2.24) is 4.57 Å². The van der Waals surface area contributed by atoms with Gasteiger partial charge in [-0.1, -0.05) is 23.7 Å². The summed E-state index contributed by atoms with van der Waals surface area (Å²) < 4.78 is 7.01. The van der Waals surface area contributed by atoms with Crippen molar-refractivity contribution in [3.05, 3.63) is 59.8 Å². The van der Waals surface area contributed by atoms with Gasteiger partial charge in [-0.2, -0.15) is 0 Å². The van der Waals surface area contributed by atoms with E-state index in [4.69, 9.17) is 16.3 Å². The molecule has 0 spiro atoms. The molecule has 1 aromatic heterocycles. The van der Waals surface area contributed by atoms with E-state index in [-0.39, 0.29) is 12.5 Å². The Labute approximate surface area is 133 Å². The van der Waals surface area contributed by atoms with Crippen molar-refractivity contribution in [1.29, 1.82) is 0 Å². The number of hydrogen-bond acceptors (Lipinski definition) is 2. The normalized spacial score (nSPS) is 10.6. The predicted molar refractivity (Wildman–Crippen MR) is 88.6 cm³/mol. The van der Waals surface area contributed by atoms with Crippen LogP contribution in [-0.2, 0) is 11.3 Å². The average Bonchev–Trinajstić information content (AvgIpc) is 2.92. The van der Waals surface area contributed by atoms with Gasteiger partial charge in [-0.05, 0) is 30.3 Å². The quantitative estimate of drug-likeness (QED) is 0.792.